The van der Waals surface area contributed by atoms with E-state index in [1.165, 1.54) is 19.3 Å². The first-order valence-electron chi connectivity index (χ1n) is 6.44. The van der Waals surface area contributed by atoms with Crippen LogP contribution in [0, 0.1) is 0 Å². The average Bonchev–Trinajstić information content (AvgIpc) is 2.39. The van der Waals surface area contributed by atoms with Crippen LogP contribution in [0.4, 0.5) is 5.82 Å². The van der Waals surface area contributed by atoms with Crippen molar-refractivity contribution >= 4 is 5.82 Å². The molecule has 2 heterocycles. The van der Waals surface area contributed by atoms with E-state index >= 15 is 0 Å². The summed E-state index contributed by atoms with van der Waals surface area (Å²) in [5.74, 6) is 2.35. The highest BCUT2D eigenvalue weighted by Crippen LogP contribution is 2.24. The second-order valence-electron chi connectivity index (χ2n) is 4.92. The molecule has 1 saturated heterocycles. The highest BCUT2D eigenvalue weighted by atomic mass is 15.2. The molecule has 0 unspecified atom stereocenters. The van der Waals surface area contributed by atoms with E-state index in [-0.39, 0.29) is 0 Å². The van der Waals surface area contributed by atoms with Gasteiger partial charge < -0.3 is 4.90 Å². The Morgan fingerprint density at radius 1 is 1.47 bits per heavy atom. The maximum Gasteiger partial charge on any atom is 0.133 e. The van der Waals surface area contributed by atoms with Crippen molar-refractivity contribution in [3.8, 4) is 0 Å². The normalized spacial score (nSPS) is 20.6. The highest BCUT2D eigenvalue weighted by molar-refractivity contribution is 5.41. The number of piperidine rings is 1. The van der Waals surface area contributed by atoms with Crippen LogP contribution < -0.4 is 4.90 Å². The minimum atomic E-state index is 0.377. The molecule has 1 aliphatic rings. The molecule has 1 aromatic heterocycles. The number of rotatable bonds is 3. The first-order valence-corrected chi connectivity index (χ1v) is 6.44. The van der Waals surface area contributed by atoms with Gasteiger partial charge in [-0.3, -0.25) is 0 Å². The Morgan fingerprint density at radius 2 is 2.29 bits per heavy atom. The molecular formula is C14H21N3. The Labute approximate surface area is 104 Å². The van der Waals surface area contributed by atoms with E-state index in [4.69, 9.17) is 0 Å². The van der Waals surface area contributed by atoms with Crippen molar-refractivity contribution in [1.82, 2.24) is 9.97 Å². The van der Waals surface area contributed by atoms with Gasteiger partial charge in [-0.2, -0.15) is 0 Å². The summed E-state index contributed by atoms with van der Waals surface area (Å²) in [6.07, 6.45) is 7.62. The van der Waals surface area contributed by atoms with Gasteiger partial charge >= 0.3 is 0 Å². The number of nitrogens with zero attached hydrogens (tertiary/aromatic N) is 3. The van der Waals surface area contributed by atoms with Crippen LogP contribution in [0.25, 0.3) is 0 Å². The van der Waals surface area contributed by atoms with Gasteiger partial charge in [0.1, 0.15) is 11.6 Å². The van der Waals surface area contributed by atoms with Crippen LogP contribution in [0.2, 0.25) is 0 Å². The molecular weight excluding hydrogens is 210 g/mol. The maximum absolute atomic E-state index is 4.66. The van der Waals surface area contributed by atoms with Gasteiger partial charge in [0.25, 0.3) is 0 Å². The summed E-state index contributed by atoms with van der Waals surface area (Å²) in [5.41, 5.74) is 0. The van der Waals surface area contributed by atoms with Crippen LogP contribution in [0.3, 0.4) is 0 Å². The van der Waals surface area contributed by atoms with Crippen molar-refractivity contribution in [3.05, 3.63) is 30.7 Å². The molecule has 1 aliphatic heterocycles. The average molecular weight is 231 g/mol. The Morgan fingerprint density at radius 3 is 3.00 bits per heavy atom. The molecule has 3 nitrogen and oxygen atoms in total. The summed E-state index contributed by atoms with van der Waals surface area (Å²) >= 11 is 0. The van der Waals surface area contributed by atoms with Crippen molar-refractivity contribution in [2.24, 2.45) is 0 Å². The molecule has 92 valence electrons. The van der Waals surface area contributed by atoms with Crippen LogP contribution in [0.5, 0.6) is 0 Å². The molecule has 3 heteroatoms. The Hall–Kier alpha value is -1.38. The molecule has 17 heavy (non-hydrogen) atoms. The number of anilines is 1. The third kappa shape index (κ3) is 2.65. The molecule has 2 rings (SSSR count). The second-order valence-corrected chi connectivity index (χ2v) is 4.92. The summed E-state index contributed by atoms with van der Waals surface area (Å²) in [7, 11) is 0. The fourth-order valence-corrected chi connectivity index (χ4v) is 2.29. The van der Waals surface area contributed by atoms with Crippen LogP contribution in [0.1, 0.15) is 44.9 Å². The molecule has 0 spiro atoms. The Bertz CT molecular complexity index is 387. The third-order valence-electron chi connectivity index (χ3n) is 3.29. The Balaban J connectivity index is 2.25. The standard InChI is InChI=1S/C14H21N3/c1-4-12-7-5-6-10-17(12)13-8-9-15-14(16-13)11(2)3/h4,8-9,11-12H,1,5-7,10H2,2-3H3/t12-/m1/s1. The van der Waals surface area contributed by atoms with Gasteiger partial charge in [0.2, 0.25) is 0 Å². The van der Waals surface area contributed by atoms with Crippen LogP contribution in [-0.4, -0.2) is 22.6 Å². The molecule has 0 amide bonds. The molecule has 1 fully saturated rings. The Kier molecular flexibility index (Phi) is 3.77. The first kappa shape index (κ1) is 12.1. The van der Waals surface area contributed by atoms with E-state index in [9.17, 15) is 0 Å². The number of hydrogen-bond acceptors (Lipinski definition) is 3. The highest BCUT2D eigenvalue weighted by Gasteiger charge is 2.21. The SMILES string of the molecule is C=C[C@@H]1CCCCN1c1ccnc(C(C)C)n1. The van der Waals surface area contributed by atoms with Crippen molar-refractivity contribution in [1.29, 1.82) is 0 Å². The third-order valence-corrected chi connectivity index (χ3v) is 3.29. The lowest BCUT2D eigenvalue weighted by Gasteiger charge is -2.35. The quantitative estimate of drug-likeness (QED) is 0.748. The summed E-state index contributed by atoms with van der Waals surface area (Å²) in [4.78, 5) is 11.3. The zero-order valence-corrected chi connectivity index (χ0v) is 10.8. The molecule has 0 radical (unpaired) electrons. The van der Waals surface area contributed by atoms with E-state index < -0.39 is 0 Å². The lowest BCUT2D eigenvalue weighted by Crippen LogP contribution is -2.38. The predicted molar refractivity (Wildman–Crippen MR) is 71.3 cm³/mol. The summed E-state index contributed by atoms with van der Waals surface area (Å²) in [5, 5.41) is 0. The zero-order chi connectivity index (χ0) is 12.3. The summed E-state index contributed by atoms with van der Waals surface area (Å²) in [6.45, 7) is 9.26. The molecule has 1 atom stereocenters. The molecule has 0 bridgehead atoms. The fourth-order valence-electron chi connectivity index (χ4n) is 2.29. The monoisotopic (exact) mass is 231 g/mol. The van der Waals surface area contributed by atoms with Gasteiger partial charge in [0.05, 0.1) is 0 Å². The van der Waals surface area contributed by atoms with Gasteiger partial charge in [0, 0.05) is 24.7 Å². The van der Waals surface area contributed by atoms with Gasteiger partial charge in [-0.1, -0.05) is 19.9 Å². The number of hydrogen-bond donors (Lipinski definition) is 0. The summed E-state index contributed by atoms with van der Waals surface area (Å²) < 4.78 is 0. The van der Waals surface area contributed by atoms with Crippen LogP contribution >= 0.6 is 0 Å². The minimum Gasteiger partial charge on any atom is -0.350 e. The van der Waals surface area contributed by atoms with Gasteiger partial charge in [-0.05, 0) is 25.3 Å². The van der Waals surface area contributed by atoms with Gasteiger partial charge in [-0.15, -0.1) is 6.58 Å². The van der Waals surface area contributed by atoms with E-state index in [1.54, 1.807) is 0 Å². The molecule has 0 aliphatic carbocycles. The van der Waals surface area contributed by atoms with Gasteiger partial charge in [-0.25, -0.2) is 9.97 Å². The van der Waals surface area contributed by atoms with Gasteiger partial charge in [0.15, 0.2) is 0 Å². The number of aromatic nitrogens is 2. The topological polar surface area (TPSA) is 29.0 Å². The van der Waals surface area contributed by atoms with E-state index in [0.29, 0.717) is 12.0 Å². The largest absolute Gasteiger partial charge is 0.350 e. The van der Waals surface area contributed by atoms with Crippen molar-refractivity contribution in [2.45, 2.75) is 45.1 Å². The lowest BCUT2D eigenvalue weighted by atomic mass is 10.0. The van der Waals surface area contributed by atoms with Crippen LogP contribution in [0.15, 0.2) is 24.9 Å². The molecule has 0 aromatic carbocycles. The van der Waals surface area contributed by atoms with Crippen molar-refractivity contribution in [2.75, 3.05) is 11.4 Å². The van der Waals surface area contributed by atoms with E-state index in [1.807, 2.05) is 18.3 Å². The summed E-state index contributed by atoms with van der Waals surface area (Å²) in [6, 6.07) is 2.44. The van der Waals surface area contributed by atoms with E-state index in [2.05, 4.69) is 35.3 Å². The first-order chi connectivity index (χ1) is 8.22. The van der Waals surface area contributed by atoms with E-state index in [0.717, 1.165) is 18.2 Å². The maximum atomic E-state index is 4.66. The van der Waals surface area contributed by atoms with Crippen LogP contribution in [-0.2, 0) is 0 Å². The second kappa shape index (κ2) is 5.30. The zero-order valence-electron chi connectivity index (χ0n) is 10.8. The molecule has 0 saturated carbocycles. The molecule has 0 N–H and O–H groups in total. The van der Waals surface area contributed by atoms with Crippen molar-refractivity contribution < 1.29 is 0 Å². The lowest BCUT2D eigenvalue weighted by molar-refractivity contribution is 0.509. The predicted octanol–water partition coefficient (Wildman–Crippen LogP) is 3.14. The van der Waals surface area contributed by atoms with Crippen molar-refractivity contribution in [3.63, 3.8) is 0 Å². The minimum absolute atomic E-state index is 0.377. The smallest absolute Gasteiger partial charge is 0.133 e. The fraction of sp³-hybridized carbons (Fsp3) is 0.571. The molecule has 1 aromatic rings.